The molecule has 1 unspecified atom stereocenters. The van der Waals surface area contributed by atoms with Gasteiger partial charge < -0.3 is 15.2 Å². The monoisotopic (exact) mass is 329 g/mol. The number of benzene rings is 1. The number of carbonyl (C=O) groups is 2. The molecule has 7 heteroatoms. The highest BCUT2D eigenvalue weighted by Gasteiger charge is 2.18. The molecule has 0 radical (unpaired) electrons. The van der Waals surface area contributed by atoms with E-state index < -0.39 is 18.6 Å². The quantitative estimate of drug-likeness (QED) is 0.644. The molecule has 1 rings (SSSR count). The van der Waals surface area contributed by atoms with Gasteiger partial charge in [0.1, 0.15) is 5.75 Å². The van der Waals surface area contributed by atoms with Gasteiger partial charge in [0.05, 0.1) is 6.04 Å². The summed E-state index contributed by atoms with van der Waals surface area (Å²) in [5.41, 5.74) is 0.495. The third-order valence-corrected chi connectivity index (χ3v) is 3.30. The zero-order valence-electron chi connectivity index (χ0n) is 12.9. The van der Waals surface area contributed by atoms with Crippen molar-refractivity contribution in [3.63, 3.8) is 0 Å². The number of unbranched alkanes of at least 4 members (excludes halogenated alkanes) is 1. The first-order valence-corrected chi connectivity index (χ1v) is 7.49. The van der Waals surface area contributed by atoms with Gasteiger partial charge in [-0.15, -0.1) is 0 Å². The highest BCUT2D eigenvalue weighted by molar-refractivity contribution is 5.76. The van der Waals surface area contributed by atoms with Crippen molar-refractivity contribution in [3.8, 4) is 5.75 Å². The minimum absolute atomic E-state index is 0.0234. The molecule has 1 aromatic carbocycles. The maximum Gasteiger partial charge on any atom is 0.387 e. The van der Waals surface area contributed by atoms with Crippen molar-refractivity contribution < 1.29 is 28.2 Å². The first kappa shape index (κ1) is 18.9. The summed E-state index contributed by atoms with van der Waals surface area (Å²) >= 11 is 0. The van der Waals surface area contributed by atoms with Crippen LogP contribution in [0.5, 0.6) is 5.75 Å². The molecule has 0 aliphatic carbocycles. The second-order valence-corrected chi connectivity index (χ2v) is 5.05. The molecular weight excluding hydrogens is 308 g/mol. The lowest BCUT2D eigenvalue weighted by Crippen LogP contribution is -2.28. The van der Waals surface area contributed by atoms with E-state index in [4.69, 9.17) is 5.11 Å². The third-order valence-electron chi connectivity index (χ3n) is 3.30. The first-order chi connectivity index (χ1) is 10.9. The highest BCUT2D eigenvalue weighted by atomic mass is 19.3. The molecule has 5 nitrogen and oxygen atoms in total. The number of rotatable bonds is 10. The number of para-hydroxylation sites is 1. The summed E-state index contributed by atoms with van der Waals surface area (Å²) in [6.45, 7) is -1.10. The Kier molecular flexibility index (Phi) is 8.01. The van der Waals surface area contributed by atoms with Crippen LogP contribution < -0.4 is 10.1 Å². The number of carboxylic acids is 1. The number of carbonyl (C=O) groups excluding carboxylic acids is 1. The molecular formula is C16H21F2NO4. The van der Waals surface area contributed by atoms with Crippen LogP contribution in [-0.4, -0.2) is 23.6 Å². The summed E-state index contributed by atoms with van der Waals surface area (Å²) < 4.78 is 29.4. The Morgan fingerprint density at radius 3 is 2.48 bits per heavy atom. The van der Waals surface area contributed by atoms with Crippen LogP contribution in [0.3, 0.4) is 0 Å². The fourth-order valence-corrected chi connectivity index (χ4v) is 2.20. The molecule has 0 aromatic heterocycles. The van der Waals surface area contributed by atoms with E-state index in [0.717, 1.165) is 0 Å². The zero-order chi connectivity index (χ0) is 17.2. The van der Waals surface area contributed by atoms with Crippen LogP contribution in [0.4, 0.5) is 8.78 Å². The van der Waals surface area contributed by atoms with Gasteiger partial charge in [-0.25, -0.2) is 0 Å². The predicted molar refractivity (Wildman–Crippen MR) is 80.4 cm³/mol. The molecule has 128 valence electrons. The van der Waals surface area contributed by atoms with E-state index in [-0.39, 0.29) is 24.5 Å². The molecule has 23 heavy (non-hydrogen) atoms. The number of carboxylic acid groups (broad SMARTS) is 1. The second-order valence-electron chi connectivity index (χ2n) is 5.05. The molecule has 1 aromatic rings. The number of alkyl halides is 2. The zero-order valence-corrected chi connectivity index (χ0v) is 12.9. The summed E-state index contributed by atoms with van der Waals surface area (Å²) in [5.74, 6) is -1.09. The van der Waals surface area contributed by atoms with Gasteiger partial charge in [-0.05, 0) is 25.3 Å². The molecule has 0 aliphatic rings. The van der Waals surface area contributed by atoms with Crippen molar-refractivity contribution in [2.75, 3.05) is 0 Å². The number of hydrogen-bond donors (Lipinski definition) is 2. The van der Waals surface area contributed by atoms with Crippen LogP contribution in [0.15, 0.2) is 24.3 Å². The number of ether oxygens (including phenoxy) is 1. The predicted octanol–water partition coefficient (Wildman–Crippen LogP) is 3.50. The smallest absolute Gasteiger partial charge is 0.387 e. The van der Waals surface area contributed by atoms with Crippen LogP contribution in [0.2, 0.25) is 0 Å². The van der Waals surface area contributed by atoms with Gasteiger partial charge in [-0.3, -0.25) is 9.59 Å². The molecule has 0 saturated heterocycles. The average Bonchev–Trinajstić information content (AvgIpc) is 2.49. The van der Waals surface area contributed by atoms with Gasteiger partial charge in [0.2, 0.25) is 5.91 Å². The molecule has 2 N–H and O–H groups in total. The van der Waals surface area contributed by atoms with Crippen molar-refractivity contribution in [2.45, 2.75) is 51.7 Å². The fourth-order valence-electron chi connectivity index (χ4n) is 2.20. The molecule has 0 heterocycles. The summed E-state index contributed by atoms with van der Waals surface area (Å²) in [5, 5.41) is 11.3. The van der Waals surface area contributed by atoms with Crippen LogP contribution >= 0.6 is 0 Å². The van der Waals surface area contributed by atoms with Crippen molar-refractivity contribution >= 4 is 11.9 Å². The lowest BCUT2D eigenvalue weighted by Gasteiger charge is -2.20. The van der Waals surface area contributed by atoms with Crippen molar-refractivity contribution in [1.29, 1.82) is 0 Å². The summed E-state index contributed by atoms with van der Waals surface area (Å²) in [4.78, 5) is 22.3. The molecule has 0 fully saturated rings. The van der Waals surface area contributed by atoms with E-state index in [1.54, 1.807) is 18.2 Å². The number of hydrogen-bond acceptors (Lipinski definition) is 3. The highest BCUT2D eigenvalue weighted by Crippen LogP contribution is 2.28. The lowest BCUT2D eigenvalue weighted by molar-refractivity contribution is -0.137. The molecule has 0 aliphatic heterocycles. The van der Waals surface area contributed by atoms with Crippen molar-refractivity contribution in [2.24, 2.45) is 0 Å². The number of halogens is 2. The topological polar surface area (TPSA) is 75.6 Å². The largest absolute Gasteiger partial charge is 0.481 e. The maximum atomic E-state index is 12.4. The van der Waals surface area contributed by atoms with Crippen LogP contribution in [0.25, 0.3) is 0 Å². The SMILES string of the molecule is CCC(NC(=O)CCCCC(=O)O)c1ccccc1OC(F)F. The Balaban J connectivity index is 2.62. The van der Waals surface area contributed by atoms with Gasteiger partial charge in [0, 0.05) is 18.4 Å². The summed E-state index contributed by atoms with van der Waals surface area (Å²) in [6, 6.07) is 5.91. The molecule has 0 bridgehead atoms. The van der Waals surface area contributed by atoms with Crippen LogP contribution in [-0.2, 0) is 9.59 Å². The molecule has 0 saturated carbocycles. The first-order valence-electron chi connectivity index (χ1n) is 7.49. The van der Waals surface area contributed by atoms with Gasteiger partial charge >= 0.3 is 12.6 Å². The van der Waals surface area contributed by atoms with Crippen LogP contribution in [0.1, 0.15) is 50.6 Å². The molecule has 0 spiro atoms. The van der Waals surface area contributed by atoms with E-state index in [9.17, 15) is 18.4 Å². The van der Waals surface area contributed by atoms with Gasteiger partial charge in [0.15, 0.2) is 0 Å². The van der Waals surface area contributed by atoms with Gasteiger partial charge in [-0.2, -0.15) is 8.78 Å². The minimum Gasteiger partial charge on any atom is -0.481 e. The van der Waals surface area contributed by atoms with E-state index in [1.165, 1.54) is 6.07 Å². The molecule has 1 amide bonds. The average molecular weight is 329 g/mol. The fraction of sp³-hybridized carbons (Fsp3) is 0.500. The van der Waals surface area contributed by atoms with Crippen LogP contribution in [0, 0.1) is 0 Å². The van der Waals surface area contributed by atoms with Crippen molar-refractivity contribution in [1.82, 2.24) is 5.32 Å². The Labute approximate surface area is 133 Å². The summed E-state index contributed by atoms with van der Waals surface area (Å²) in [6.07, 6.45) is 1.62. The Hall–Kier alpha value is -2.18. The van der Waals surface area contributed by atoms with E-state index in [2.05, 4.69) is 10.1 Å². The normalized spacial score (nSPS) is 12.0. The van der Waals surface area contributed by atoms with Gasteiger partial charge in [0.25, 0.3) is 0 Å². The van der Waals surface area contributed by atoms with Crippen molar-refractivity contribution in [3.05, 3.63) is 29.8 Å². The number of amides is 1. The summed E-state index contributed by atoms with van der Waals surface area (Å²) in [7, 11) is 0. The van der Waals surface area contributed by atoms with E-state index in [1.807, 2.05) is 6.92 Å². The van der Waals surface area contributed by atoms with E-state index in [0.29, 0.717) is 24.8 Å². The van der Waals surface area contributed by atoms with E-state index >= 15 is 0 Å². The Bertz CT molecular complexity index is 523. The second kappa shape index (κ2) is 9.76. The number of nitrogens with one attached hydrogen (secondary N) is 1. The Morgan fingerprint density at radius 2 is 1.87 bits per heavy atom. The lowest BCUT2D eigenvalue weighted by atomic mass is 10.0. The molecule has 1 atom stereocenters. The Morgan fingerprint density at radius 1 is 1.22 bits per heavy atom. The maximum absolute atomic E-state index is 12.4. The standard InChI is InChI=1S/C16H21F2NO4/c1-2-12(19-14(20)9-5-6-10-15(21)22)11-7-3-4-8-13(11)23-16(17)18/h3-4,7-8,12,16H,2,5-6,9-10H2,1H3,(H,19,20)(H,21,22). The minimum atomic E-state index is -2.93. The third kappa shape index (κ3) is 7.08. The number of aliphatic carboxylic acids is 1. The van der Waals surface area contributed by atoms with Gasteiger partial charge in [-0.1, -0.05) is 25.1 Å².